The van der Waals surface area contributed by atoms with E-state index in [2.05, 4.69) is 75.2 Å². The van der Waals surface area contributed by atoms with Crippen molar-refractivity contribution < 1.29 is 0 Å². The Morgan fingerprint density at radius 1 is 1.38 bits per heavy atom. The zero-order chi connectivity index (χ0) is 18.8. The Labute approximate surface area is 158 Å². The molecule has 2 aliphatic rings. The van der Waals surface area contributed by atoms with Crippen molar-refractivity contribution in [3.8, 4) is 0 Å². The molecular weight excluding hydrogens is 318 g/mol. The van der Waals surface area contributed by atoms with Crippen molar-refractivity contribution in [3.63, 3.8) is 0 Å². The maximum Gasteiger partial charge on any atom is 0.0465 e. The van der Waals surface area contributed by atoms with Gasteiger partial charge in [0.25, 0.3) is 0 Å². The fourth-order valence-corrected chi connectivity index (χ4v) is 3.95. The predicted molar refractivity (Wildman–Crippen MR) is 111 cm³/mol. The van der Waals surface area contributed by atoms with Gasteiger partial charge in [0.2, 0.25) is 0 Å². The lowest BCUT2D eigenvalue weighted by atomic mass is 9.98. The average molecular weight is 352 g/mol. The first kappa shape index (κ1) is 18.8. The van der Waals surface area contributed by atoms with E-state index >= 15 is 0 Å². The van der Waals surface area contributed by atoms with Crippen molar-refractivity contribution in [1.82, 2.24) is 15.2 Å². The van der Waals surface area contributed by atoms with Crippen molar-refractivity contribution in [1.29, 1.82) is 0 Å². The van der Waals surface area contributed by atoms with Crippen LogP contribution in [0.1, 0.15) is 52.7 Å². The molecule has 1 unspecified atom stereocenters. The number of hydrogen-bond donors (Lipinski definition) is 1. The standard InChI is InChI=1S/C23H33N3/c1-7-15(2)21-10-11-24-18(5)22(21)13-25-17(4)20-12-16(3)23(19-8-9-19)26(6)14-20/h10-13,17,19,25H,7-9,14H2,1-6H3/b21-15-,22-13-. The predicted octanol–water partition coefficient (Wildman–Crippen LogP) is 3.24. The molecule has 0 saturated heterocycles. The Morgan fingerprint density at radius 3 is 2.73 bits per heavy atom. The van der Waals surface area contributed by atoms with Crippen molar-refractivity contribution >= 4 is 11.8 Å². The van der Waals surface area contributed by atoms with Crippen LogP contribution in [-0.4, -0.2) is 29.5 Å². The van der Waals surface area contributed by atoms with Gasteiger partial charge in [0, 0.05) is 48.6 Å². The molecule has 0 bridgehead atoms. The molecule has 1 aliphatic heterocycles. The third-order valence-corrected chi connectivity index (χ3v) is 5.81. The van der Waals surface area contributed by atoms with Crippen LogP contribution in [0.2, 0.25) is 0 Å². The minimum atomic E-state index is 0.308. The molecule has 3 nitrogen and oxygen atoms in total. The van der Waals surface area contributed by atoms with Gasteiger partial charge in [-0.3, -0.25) is 4.98 Å². The van der Waals surface area contributed by atoms with Gasteiger partial charge in [0.05, 0.1) is 0 Å². The molecule has 1 aromatic heterocycles. The molecule has 0 spiro atoms. The van der Waals surface area contributed by atoms with Gasteiger partial charge in [-0.2, -0.15) is 0 Å². The van der Waals surface area contributed by atoms with Crippen LogP contribution in [0.5, 0.6) is 0 Å². The van der Waals surface area contributed by atoms with Gasteiger partial charge in [-0.25, -0.2) is 0 Å². The molecule has 2 heterocycles. The van der Waals surface area contributed by atoms with E-state index in [9.17, 15) is 0 Å². The van der Waals surface area contributed by atoms with E-state index in [1.54, 1.807) is 5.70 Å². The Balaban J connectivity index is 1.87. The Hall–Kier alpha value is -2.03. The van der Waals surface area contributed by atoms with E-state index in [0.29, 0.717) is 6.04 Å². The summed E-state index contributed by atoms with van der Waals surface area (Å²) >= 11 is 0. The van der Waals surface area contributed by atoms with E-state index in [1.165, 1.54) is 40.0 Å². The fourth-order valence-electron chi connectivity index (χ4n) is 3.95. The monoisotopic (exact) mass is 351 g/mol. The van der Waals surface area contributed by atoms with Crippen LogP contribution >= 0.6 is 0 Å². The maximum atomic E-state index is 4.49. The molecule has 3 rings (SSSR count). The van der Waals surface area contributed by atoms with Gasteiger partial charge in [0.15, 0.2) is 0 Å². The molecule has 0 radical (unpaired) electrons. The number of nitrogens with zero attached hydrogens (tertiary/aromatic N) is 2. The van der Waals surface area contributed by atoms with Gasteiger partial charge in [-0.1, -0.05) is 18.6 Å². The van der Waals surface area contributed by atoms with E-state index in [4.69, 9.17) is 0 Å². The second-order valence-electron chi connectivity index (χ2n) is 7.94. The summed E-state index contributed by atoms with van der Waals surface area (Å²) in [4.78, 5) is 6.95. The molecule has 1 fully saturated rings. The summed E-state index contributed by atoms with van der Waals surface area (Å²) in [6.45, 7) is 12.1. The van der Waals surface area contributed by atoms with Crippen LogP contribution < -0.4 is 15.8 Å². The first-order valence-electron chi connectivity index (χ1n) is 9.92. The highest BCUT2D eigenvalue weighted by Crippen LogP contribution is 2.41. The highest BCUT2D eigenvalue weighted by molar-refractivity contribution is 5.44. The number of hydrogen-bond acceptors (Lipinski definition) is 3. The zero-order valence-corrected chi connectivity index (χ0v) is 17.2. The summed E-state index contributed by atoms with van der Waals surface area (Å²) in [6, 6.07) is 2.44. The van der Waals surface area contributed by atoms with Crippen LogP contribution in [0.15, 0.2) is 35.2 Å². The van der Waals surface area contributed by atoms with Crippen LogP contribution in [0, 0.1) is 12.8 Å². The van der Waals surface area contributed by atoms with Gasteiger partial charge in [-0.05, 0) is 75.3 Å². The average Bonchev–Trinajstić information content (AvgIpc) is 3.43. The Kier molecular flexibility index (Phi) is 5.55. The molecule has 26 heavy (non-hydrogen) atoms. The third-order valence-electron chi connectivity index (χ3n) is 5.81. The van der Waals surface area contributed by atoms with Crippen molar-refractivity contribution in [2.75, 3.05) is 13.6 Å². The fraction of sp³-hybridized carbons (Fsp3) is 0.522. The topological polar surface area (TPSA) is 28.2 Å². The van der Waals surface area contributed by atoms with Gasteiger partial charge in [0.1, 0.15) is 0 Å². The van der Waals surface area contributed by atoms with Gasteiger partial charge < -0.3 is 10.2 Å². The quantitative estimate of drug-likeness (QED) is 0.883. The van der Waals surface area contributed by atoms with E-state index in [1.807, 2.05) is 6.20 Å². The molecule has 0 aromatic carbocycles. The van der Waals surface area contributed by atoms with Crippen LogP contribution in [0.3, 0.4) is 0 Å². The SMILES string of the molecule is CC/C(C)=c1/ccnc(C)/c1=C/NC(C)C1=CC(C)=C(C2CC2)N(C)C1. The minimum absolute atomic E-state index is 0.308. The van der Waals surface area contributed by atoms with Crippen molar-refractivity contribution in [2.45, 2.75) is 59.9 Å². The van der Waals surface area contributed by atoms with Gasteiger partial charge >= 0.3 is 0 Å². The number of nitrogens with one attached hydrogen (secondary N) is 1. The second kappa shape index (κ2) is 7.69. The largest absolute Gasteiger partial charge is 0.384 e. The first-order chi connectivity index (χ1) is 12.4. The number of allylic oxidation sites excluding steroid dienone is 3. The molecule has 3 heteroatoms. The molecule has 1 aliphatic carbocycles. The molecule has 1 saturated carbocycles. The summed E-state index contributed by atoms with van der Waals surface area (Å²) in [6.07, 6.45) is 10.3. The molecular formula is C23H33N3. The molecule has 1 aromatic rings. The summed E-state index contributed by atoms with van der Waals surface area (Å²) in [7, 11) is 2.24. The smallest absolute Gasteiger partial charge is 0.0465 e. The highest BCUT2D eigenvalue weighted by atomic mass is 15.1. The highest BCUT2D eigenvalue weighted by Gasteiger charge is 2.32. The zero-order valence-electron chi connectivity index (χ0n) is 17.2. The van der Waals surface area contributed by atoms with E-state index in [-0.39, 0.29) is 0 Å². The van der Waals surface area contributed by atoms with Crippen LogP contribution in [0.4, 0.5) is 0 Å². The number of pyridine rings is 1. The molecule has 140 valence electrons. The van der Waals surface area contributed by atoms with E-state index < -0.39 is 0 Å². The van der Waals surface area contributed by atoms with Gasteiger partial charge in [-0.15, -0.1) is 0 Å². The number of rotatable bonds is 5. The lowest BCUT2D eigenvalue weighted by Crippen LogP contribution is -2.37. The first-order valence-corrected chi connectivity index (χ1v) is 9.92. The molecule has 0 amide bonds. The summed E-state index contributed by atoms with van der Waals surface area (Å²) < 4.78 is 0. The summed E-state index contributed by atoms with van der Waals surface area (Å²) in [5, 5.41) is 6.16. The normalized spacial score (nSPS) is 20.9. The Morgan fingerprint density at radius 2 is 2.12 bits per heavy atom. The summed E-state index contributed by atoms with van der Waals surface area (Å²) in [5.41, 5.74) is 6.93. The minimum Gasteiger partial charge on any atom is -0.384 e. The number of aryl methyl sites for hydroxylation is 1. The maximum absolute atomic E-state index is 4.49. The van der Waals surface area contributed by atoms with E-state index in [0.717, 1.165) is 24.6 Å². The van der Waals surface area contributed by atoms with Crippen LogP contribution in [-0.2, 0) is 0 Å². The Bertz CT molecular complexity index is 856. The lowest BCUT2D eigenvalue weighted by molar-refractivity contribution is 0.403. The summed E-state index contributed by atoms with van der Waals surface area (Å²) in [5.74, 6) is 0.806. The van der Waals surface area contributed by atoms with Crippen LogP contribution in [0.25, 0.3) is 11.8 Å². The number of aromatic nitrogens is 1. The lowest BCUT2D eigenvalue weighted by Gasteiger charge is -2.32. The third kappa shape index (κ3) is 3.87. The molecule has 1 N–H and O–H groups in total. The number of likely N-dealkylation sites (N-methyl/N-ethyl adjacent to an activating group) is 1. The van der Waals surface area contributed by atoms with Crippen molar-refractivity contribution in [2.24, 2.45) is 5.92 Å². The van der Waals surface area contributed by atoms with Crippen molar-refractivity contribution in [3.05, 3.63) is 51.3 Å². The second-order valence-corrected chi connectivity index (χ2v) is 7.94. The molecule has 1 atom stereocenters.